The highest BCUT2D eigenvalue weighted by Crippen LogP contribution is 2.27. The molecule has 2 aliphatic heterocycles. The van der Waals surface area contributed by atoms with Gasteiger partial charge in [0.15, 0.2) is 0 Å². The van der Waals surface area contributed by atoms with Crippen LogP contribution in [0.25, 0.3) is 0 Å². The maximum atomic E-state index is 12.3. The van der Waals surface area contributed by atoms with E-state index < -0.39 is 11.8 Å². The van der Waals surface area contributed by atoms with E-state index in [0.29, 0.717) is 43.2 Å². The van der Waals surface area contributed by atoms with E-state index in [1.165, 1.54) is 0 Å². The van der Waals surface area contributed by atoms with Gasteiger partial charge < -0.3 is 20.1 Å². The molecule has 2 fully saturated rings. The average molecular weight is 495 g/mol. The van der Waals surface area contributed by atoms with E-state index in [-0.39, 0.29) is 24.0 Å². The van der Waals surface area contributed by atoms with Crippen molar-refractivity contribution >= 4 is 23.5 Å². The van der Waals surface area contributed by atoms with Crippen LogP contribution < -0.4 is 5.32 Å². The summed E-state index contributed by atoms with van der Waals surface area (Å²) in [6.45, 7) is 9.71. The Kier molecular flexibility index (Phi) is 7.28. The number of anilines is 1. The van der Waals surface area contributed by atoms with Gasteiger partial charge >= 0.3 is 6.09 Å². The Morgan fingerprint density at radius 2 is 2.03 bits per heavy atom. The summed E-state index contributed by atoms with van der Waals surface area (Å²) in [6, 6.07) is 2.36. The van der Waals surface area contributed by atoms with Crippen LogP contribution in [0, 0.1) is 22.7 Å². The van der Waals surface area contributed by atoms with Crippen LogP contribution in [-0.4, -0.2) is 80.5 Å². The molecule has 4 rings (SSSR count). The first-order valence-corrected chi connectivity index (χ1v) is 12.2. The second kappa shape index (κ2) is 10.2. The number of rotatable bonds is 4. The van der Waals surface area contributed by atoms with E-state index in [1.807, 2.05) is 55.6 Å². The number of nitriles is 1. The van der Waals surface area contributed by atoms with Crippen LogP contribution in [0.15, 0.2) is 40.7 Å². The van der Waals surface area contributed by atoms with Crippen LogP contribution in [0.5, 0.6) is 0 Å². The van der Waals surface area contributed by atoms with E-state index in [2.05, 4.69) is 21.5 Å². The molecule has 1 aliphatic carbocycles. The van der Waals surface area contributed by atoms with Crippen LogP contribution in [0.3, 0.4) is 0 Å². The molecule has 1 atom stereocenters. The molecular weight excluding hydrogens is 460 g/mol. The normalized spacial score (nSPS) is 21.4. The van der Waals surface area contributed by atoms with Gasteiger partial charge in [-0.15, -0.1) is 0 Å². The van der Waals surface area contributed by atoms with E-state index in [9.17, 15) is 9.90 Å². The Morgan fingerprint density at radius 3 is 2.67 bits per heavy atom. The summed E-state index contributed by atoms with van der Waals surface area (Å²) in [5.74, 6) is -0.118. The SMILES string of the molecule is CC1=CC=C([C@H](O)N2CC(C#N)C2)/C1=N\C(=N)Nc1cnn(C2CCN(C(=O)OC(C)(C)C)CC2)c1. The van der Waals surface area contributed by atoms with Gasteiger partial charge in [0.1, 0.15) is 11.8 Å². The third-order valence-corrected chi connectivity index (χ3v) is 6.45. The van der Waals surface area contributed by atoms with Crippen molar-refractivity contribution < 1.29 is 14.6 Å². The number of aliphatic hydroxyl groups excluding tert-OH is 1. The summed E-state index contributed by atoms with van der Waals surface area (Å²) in [5, 5.41) is 35.5. The summed E-state index contributed by atoms with van der Waals surface area (Å²) in [6.07, 6.45) is 7.56. The van der Waals surface area contributed by atoms with E-state index in [4.69, 9.17) is 15.4 Å². The van der Waals surface area contributed by atoms with Gasteiger partial charge in [-0.05, 0) is 46.1 Å². The molecule has 3 aliphatic rings. The molecule has 36 heavy (non-hydrogen) atoms. The molecule has 192 valence electrons. The first-order chi connectivity index (χ1) is 17.0. The zero-order chi connectivity index (χ0) is 26.0. The van der Waals surface area contributed by atoms with E-state index >= 15 is 0 Å². The van der Waals surface area contributed by atoms with Crippen LogP contribution in [0.4, 0.5) is 10.5 Å². The first-order valence-electron chi connectivity index (χ1n) is 12.2. The van der Waals surface area contributed by atoms with Gasteiger partial charge in [-0.2, -0.15) is 10.4 Å². The topological polar surface area (TPSA) is 143 Å². The highest BCUT2D eigenvalue weighted by atomic mass is 16.6. The van der Waals surface area contributed by atoms with E-state index in [0.717, 1.165) is 18.4 Å². The number of hydrogen-bond acceptors (Lipinski definition) is 7. The average Bonchev–Trinajstić information content (AvgIpc) is 3.39. The van der Waals surface area contributed by atoms with Gasteiger partial charge in [0.2, 0.25) is 5.96 Å². The van der Waals surface area contributed by atoms with Gasteiger partial charge in [0, 0.05) is 37.9 Å². The number of nitrogens with zero attached hydrogens (tertiary/aromatic N) is 6. The summed E-state index contributed by atoms with van der Waals surface area (Å²) in [4.78, 5) is 20.3. The molecule has 0 saturated carbocycles. The number of carbonyl (C=O) groups excluding carboxylic acids is 1. The molecule has 1 aromatic rings. The molecule has 11 nitrogen and oxygen atoms in total. The fourth-order valence-electron chi connectivity index (χ4n) is 4.47. The van der Waals surface area contributed by atoms with Crippen molar-refractivity contribution in [2.45, 2.75) is 58.4 Å². The van der Waals surface area contributed by atoms with Crippen molar-refractivity contribution in [2.24, 2.45) is 10.9 Å². The number of nitrogens with one attached hydrogen (secondary N) is 2. The Labute approximate surface area is 211 Å². The number of piperidine rings is 1. The zero-order valence-electron chi connectivity index (χ0n) is 21.2. The zero-order valence-corrected chi connectivity index (χ0v) is 21.2. The third-order valence-electron chi connectivity index (χ3n) is 6.45. The fourth-order valence-corrected chi connectivity index (χ4v) is 4.47. The molecule has 2 saturated heterocycles. The lowest BCUT2D eigenvalue weighted by atomic mass is 9.98. The van der Waals surface area contributed by atoms with Crippen LogP contribution in [0.2, 0.25) is 0 Å². The number of likely N-dealkylation sites (tertiary alicyclic amines) is 2. The van der Waals surface area contributed by atoms with Crippen molar-refractivity contribution in [1.29, 1.82) is 10.7 Å². The Bertz CT molecular complexity index is 1140. The largest absolute Gasteiger partial charge is 0.444 e. The summed E-state index contributed by atoms with van der Waals surface area (Å²) in [7, 11) is 0. The second-order valence-corrected chi connectivity index (χ2v) is 10.5. The molecule has 3 N–H and O–H groups in total. The number of carbonyl (C=O) groups is 1. The molecule has 0 bridgehead atoms. The van der Waals surface area contributed by atoms with Crippen molar-refractivity contribution in [3.8, 4) is 6.07 Å². The highest BCUT2D eigenvalue weighted by Gasteiger charge is 2.35. The maximum absolute atomic E-state index is 12.3. The number of amides is 1. The summed E-state index contributed by atoms with van der Waals surface area (Å²) in [5.41, 5.74) is 2.18. The van der Waals surface area contributed by atoms with Crippen molar-refractivity contribution in [3.63, 3.8) is 0 Å². The number of hydrogen-bond donors (Lipinski definition) is 3. The molecule has 1 aromatic heterocycles. The monoisotopic (exact) mass is 494 g/mol. The molecule has 11 heteroatoms. The number of ether oxygens (including phenoxy) is 1. The third kappa shape index (κ3) is 5.83. The Hall–Kier alpha value is -3.49. The smallest absolute Gasteiger partial charge is 0.410 e. The van der Waals surface area contributed by atoms with Crippen LogP contribution in [-0.2, 0) is 4.74 Å². The van der Waals surface area contributed by atoms with Crippen LogP contribution >= 0.6 is 0 Å². The predicted octanol–water partition coefficient (Wildman–Crippen LogP) is 2.90. The highest BCUT2D eigenvalue weighted by molar-refractivity contribution is 6.19. The molecule has 1 amide bonds. The minimum Gasteiger partial charge on any atom is -0.444 e. The minimum absolute atomic E-state index is 0.0582. The van der Waals surface area contributed by atoms with Gasteiger partial charge in [0.25, 0.3) is 0 Å². The fraction of sp³-hybridized carbons (Fsp3) is 0.560. The Balaban J connectivity index is 1.32. The lowest BCUT2D eigenvalue weighted by Gasteiger charge is -2.39. The standard InChI is InChI=1S/C25H34N8O3/c1-16-5-6-20(22(34)32-13-17(11-26)14-32)21(16)30-23(27)29-18-12-28-33(15-18)19-7-9-31(10-8-19)24(35)36-25(2,3)4/h5-6,12,15,17,19,22,34H,7-10,13-14H2,1-4H3,(H2,27,29)/b30-21-/t22-/m0/s1. The number of guanidine groups is 1. The summed E-state index contributed by atoms with van der Waals surface area (Å²) < 4.78 is 7.32. The minimum atomic E-state index is -0.857. The van der Waals surface area contributed by atoms with Crippen LogP contribution in [0.1, 0.15) is 46.6 Å². The van der Waals surface area contributed by atoms with E-state index in [1.54, 1.807) is 11.1 Å². The molecule has 0 unspecified atom stereocenters. The number of allylic oxidation sites excluding steroid dienone is 3. The lowest BCUT2D eigenvalue weighted by Crippen LogP contribution is -2.52. The van der Waals surface area contributed by atoms with Gasteiger partial charge in [-0.1, -0.05) is 12.2 Å². The number of aromatic nitrogens is 2. The second-order valence-electron chi connectivity index (χ2n) is 10.5. The van der Waals surface area contributed by atoms with Crippen molar-refractivity contribution in [1.82, 2.24) is 19.6 Å². The van der Waals surface area contributed by atoms with Gasteiger partial charge in [-0.3, -0.25) is 15.0 Å². The number of aliphatic hydroxyl groups is 1. The van der Waals surface area contributed by atoms with Gasteiger partial charge in [0.05, 0.1) is 35.6 Å². The number of aliphatic imine (C=N–C) groups is 1. The Morgan fingerprint density at radius 1 is 1.33 bits per heavy atom. The quantitative estimate of drug-likeness (QED) is 0.431. The molecule has 0 radical (unpaired) electrons. The lowest BCUT2D eigenvalue weighted by molar-refractivity contribution is -0.0242. The molecule has 0 aromatic carbocycles. The van der Waals surface area contributed by atoms with Crippen molar-refractivity contribution in [2.75, 3.05) is 31.5 Å². The van der Waals surface area contributed by atoms with Gasteiger partial charge in [-0.25, -0.2) is 9.79 Å². The molecule has 0 spiro atoms. The predicted molar refractivity (Wildman–Crippen MR) is 136 cm³/mol. The molecular formula is C25H34N8O3. The first kappa shape index (κ1) is 25.6. The molecule has 3 heterocycles. The maximum Gasteiger partial charge on any atom is 0.410 e. The van der Waals surface area contributed by atoms with Crippen molar-refractivity contribution in [3.05, 3.63) is 35.7 Å². The summed E-state index contributed by atoms with van der Waals surface area (Å²) >= 11 is 0.